The van der Waals surface area contributed by atoms with E-state index >= 15 is 0 Å². The molecule has 0 saturated carbocycles. The largest absolute Gasteiger partial charge is 0.309 e. The van der Waals surface area contributed by atoms with Crippen LogP contribution in [-0.4, -0.2) is 37.8 Å². The number of fused-ring (bicyclic) bond motifs is 6. The van der Waals surface area contributed by atoms with Crippen molar-refractivity contribution >= 4 is 28.0 Å². The number of rotatable bonds is 9. The van der Waals surface area contributed by atoms with E-state index in [0.29, 0.717) is 0 Å². The number of hydrogen-bond donors (Lipinski definition) is 0. The fraction of sp³-hybridized carbons (Fsp3) is 0.0317. The van der Waals surface area contributed by atoms with Gasteiger partial charge >= 0.3 is 0 Å². The van der Waals surface area contributed by atoms with E-state index in [1.165, 1.54) is 33.0 Å². The molecular weight excluding hydrogens is 841 g/mol. The molecule has 6 aromatic carbocycles. The molecule has 0 aliphatic heterocycles. The molecule has 0 bridgehead atoms. The number of aromatic nitrogens is 5. The van der Waals surface area contributed by atoms with Crippen molar-refractivity contribution in [2.24, 2.45) is 4.99 Å². The molecule has 0 saturated heterocycles. The Morgan fingerprint density at radius 3 is 1.36 bits per heavy atom. The lowest BCUT2D eigenvalue weighted by molar-refractivity contribution is 1.17. The van der Waals surface area contributed by atoms with Crippen LogP contribution < -0.4 is 0 Å². The average Bonchev–Trinajstić information content (AvgIpc) is 3.95. The van der Waals surface area contributed by atoms with Gasteiger partial charge in [-0.05, 0) is 154 Å². The maximum atomic E-state index is 4.81. The minimum absolute atomic E-state index is 0.860. The van der Waals surface area contributed by atoms with Crippen molar-refractivity contribution in [3.05, 3.63) is 249 Å². The highest BCUT2D eigenvalue weighted by molar-refractivity contribution is 6.12. The number of hydrogen-bond acceptors (Lipinski definition) is 5. The van der Waals surface area contributed by atoms with Crippen LogP contribution in [0.15, 0.2) is 243 Å². The molecule has 6 heteroatoms. The molecule has 11 aromatic rings. The molecule has 5 heterocycles. The summed E-state index contributed by atoms with van der Waals surface area (Å²) in [6.45, 7) is 3.48. The van der Waals surface area contributed by atoms with Gasteiger partial charge in [0.25, 0.3) is 0 Å². The van der Waals surface area contributed by atoms with Crippen LogP contribution in [0.2, 0.25) is 0 Å². The summed E-state index contributed by atoms with van der Waals surface area (Å²) in [6, 6.07) is 67.0. The van der Waals surface area contributed by atoms with Gasteiger partial charge in [-0.1, -0.05) is 110 Å². The van der Waals surface area contributed by atoms with E-state index in [1.54, 1.807) is 19.3 Å². The Morgan fingerprint density at radius 1 is 0.420 bits per heavy atom. The van der Waals surface area contributed by atoms with Gasteiger partial charge in [-0.3, -0.25) is 24.9 Å². The summed E-state index contributed by atoms with van der Waals surface area (Å²) in [6.07, 6.45) is 15.4. The van der Waals surface area contributed by atoms with E-state index < -0.39 is 0 Å². The van der Waals surface area contributed by atoms with E-state index in [4.69, 9.17) is 19.9 Å². The molecule has 328 valence electrons. The van der Waals surface area contributed by atoms with Gasteiger partial charge in [-0.15, -0.1) is 0 Å². The molecule has 12 rings (SSSR count). The Labute approximate surface area is 402 Å². The number of aliphatic imine (C=N–C) groups is 1. The molecule has 69 heavy (non-hydrogen) atoms. The zero-order valence-electron chi connectivity index (χ0n) is 38.1. The maximum absolute atomic E-state index is 4.81. The molecule has 5 aromatic heterocycles. The molecule has 0 N–H and O–H groups in total. The molecule has 0 fully saturated rings. The number of pyridine rings is 4. The fourth-order valence-electron chi connectivity index (χ4n) is 9.63. The first-order chi connectivity index (χ1) is 34.2. The highest BCUT2D eigenvalue weighted by atomic mass is 15.0. The van der Waals surface area contributed by atoms with E-state index in [9.17, 15) is 0 Å². The van der Waals surface area contributed by atoms with Crippen LogP contribution in [-0.2, 0) is 6.42 Å². The van der Waals surface area contributed by atoms with Gasteiger partial charge in [-0.2, -0.15) is 0 Å². The van der Waals surface area contributed by atoms with Crippen molar-refractivity contribution in [2.75, 3.05) is 7.05 Å². The Hall–Kier alpha value is -9.13. The molecule has 1 aliphatic carbocycles. The van der Waals surface area contributed by atoms with E-state index in [0.717, 1.165) is 90.4 Å². The molecule has 0 amide bonds. The van der Waals surface area contributed by atoms with Crippen LogP contribution in [0.3, 0.4) is 0 Å². The van der Waals surface area contributed by atoms with Gasteiger partial charge < -0.3 is 4.57 Å². The molecule has 0 spiro atoms. The van der Waals surface area contributed by atoms with E-state index in [-0.39, 0.29) is 0 Å². The predicted molar refractivity (Wildman–Crippen MR) is 287 cm³/mol. The second-order valence-electron chi connectivity index (χ2n) is 16.9. The quantitative estimate of drug-likeness (QED) is 0.107. The maximum Gasteiger partial charge on any atom is 0.0708 e. The lowest BCUT2D eigenvalue weighted by Crippen LogP contribution is -1.95. The lowest BCUT2D eigenvalue weighted by atomic mass is 9.94. The fourth-order valence-corrected chi connectivity index (χ4v) is 9.63. The van der Waals surface area contributed by atoms with Crippen LogP contribution in [0.25, 0.3) is 106 Å². The topological polar surface area (TPSA) is 68.8 Å². The van der Waals surface area contributed by atoms with Crippen LogP contribution in [0.4, 0.5) is 0 Å². The zero-order chi connectivity index (χ0) is 46.5. The smallest absolute Gasteiger partial charge is 0.0708 e. The minimum atomic E-state index is 0.860. The molecule has 1 aliphatic rings. The van der Waals surface area contributed by atoms with E-state index in [1.807, 2.05) is 73.3 Å². The van der Waals surface area contributed by atoms with Crippen molar-refractivity contribution in [1.29, 1.82) is 0 Å². The predicted octanol–water partition coefficient (Wildman–Crippen LogP) is 15.4. The second-order valence-corrected chi connectivity index (χ2v) is 16.9. The van der Waals surface area contributed by atoms with Gasteiger partial charge in [0.15, 0.2) is 0 Å². The summed E-state index contributed by atoms with van der Waals surface area (Å²) in [5.74, 6) is 0. The van der Waals surface area contributed by atoms with Gasteiger partial charge in [0, 0.05) is 76.8 Å². The monoisotopic (exact) mass is 886 g/mol. The Morgan fingerprint density at radius 2 is 0.884 bits per heavy atom. The summed E-state index contributed by atoms with van der Waals surface area (Å²) >= 11 is 0. The molecule has 0 unspecified atom stereocenters. The summed E-state index contributed by atoms with van der Waals surface area (Å²) < 4.78 is 2.44. The first kappa shape index (κ1) is 42.5. The van der Waals surface area contributed by atoms with Crippen molar-refractivity contribution < 1.29 is 0 Å². The van der Waals surface area contributed by atoms with Gasteiger partial charge in [-0.25, -0.2) is 0 Å². The summed E-state index contributed by atoms with van der Waals surface area (Å²) in [7, 11) is 1.73. The van der Waals surface area contributed by atoms with Crippen molar-refractivity contribution in [3.63, 3.8) is 0 Å². The van der Waals surface area contributed by atoms with Crippen molar-refractivity contribution in [1.82, 2.24) is 24.5 Å². The number of allylic oxidation sites excluding steroid dienone is 3. The van der Waals surface area contributed by atoms with Crippen LogP contribution >= 0.6 is 0 Å². The number of benzene rings is 6. The van der Waals surface area contributed by atoms with Crippen LogP contribution in [0.1, 0.15) is 11.1 Å². The SMILES string of the molecule is C=C/C=C\C=NC.c1ccc(-c2ccccc2-c2ccc3c(c2)c2cc(-c4ccccc4-c4ccccn4)ccc2n3-c2ccc3c(c2)-c2cc(-c4ccccn4)c(-c4ccccn4)cc2C3)nc1. The third-order valence-corrected chi connectivity index (χ3v) is 12.8. The van der Waals surface area contributed by atoms with E-state index in [2.05, 4.69) is 168 Å². The average molecular weight is 887 g/mol. The Kier molecular flexibility index (Phi) is 11.7. The Bertz CT molecular complexity index is 3570. The standard InChI is InChI=1S/C57H37N5.C6H9N/c1-3-15-44(52-17-5-9-27-58-52)42(13-1)38-22-25-56-50(32-38)51-33-39(43-14-2-4-16-45(43)53-18-6-10-28-59-53)23-26-57(51)62(56)41-24-21-37-31-40-34-48(54-19-7-11-29-60-54)49(36-47(40)46(37)35-41)55-20-8-12-30-61-55;1-3-4-5-6-7-2/h1-30,32-36H,31H2;3-6H,1H2,2H3/b;5-4-,7-6?. The molecule has 0 radical (unpaired) electrons. The zero-order valence-corrected chi connectivity index (χ0v) is 38.1. The molecule has 6 nitrogen and oxygen atoms in total. The first-order valence-electron chi connectivity index (χ1n) is 23.1. The van der Waals surface area contributed by atoms with Crippen LogP contribution in [0.5, 0.6) is 0 Å². The lowest BCUT2D eigenvalue weighted by Gasteiger charge is -2.14. The van der Waals surface area contributed by atoms with Crippen LogP contribution in [0, 0.1) is 0 Å². The highest BCUT2D eigenvalue weighted by Gasteiger charge is 2.25. The van der Waals surface area contributed by atoms with Crippen molar-refractivity contribution in [3.8, 4) is 84.1 Å². The minimum Gasteiger partial charge on any atom is -0.309 e. The third-order valence-electron chi connectivity index (χ3n) is 12.8. The Balaban J connectivity index is 0.000000693. The van der Waals surface area contributed by atoms with Gasteiger partial charge in [0.05, 0.1) is 33.8 Å². The summed E-state index contributed by atoms with van der Waals surface area (Å²) in [4.78, 5) is 22.8. The molecule has 0 atom stereocenters. The van der Waals surface area contributed by atoms with Crippen molar-refractivity contribution in [2.45, 2.75) is 6.42 Å². The van der Waals surface area contributed by atoms with Gasteiger partial charge in [0.2, 0.25) is 0 Å². The first-order valence-corrected chi connectivity index (χ1v) is 23.1. The number of nitrogens with zero attached hydrogens (tertiary/aromatic N) is 6. The normalized spacial score (nSPS) is 11.7. The van der Waals surface area contributed by atoms with Gasteiger partial charge in [0.1, 0.15) is 0 Å². The summed E-state index contributed by atoms with van der Waals surface area (Å²) in [5, 5.41) is 2.37. The molecular formula is C63H46N6. The highest BCUT2D eigenvalue weighted by Crippen LogP contribution is 2.45. The summed E-state index contributed by atoms with van der Waals surface area (Å²) in [5.41, 5.74) is 21.3. The third kappa shape index (κ3) is 8.25. The second kappa shape index (κ2) is 19.0.